The van der Waals surface area contributed by atoms with E-state index in [1.807, 2.05) is 13.8 Å². The minimum absolute atomic E-state index is 0.0195. The lowest BCUT2D eigenvalue weighted by Gasteiger charge is -2.31. The first-order chi connectivity index (χ1) is 12.8. The largest absolute Gasteiger partial charge is 0.489 e. The number of alkyl halides is 3. The van der Waals surface area contributed by atoms with Crippen molar-refractivity contribution in [2.45, 2.75) is 38.7 Å². The van der Waals surface area contributed by atoms with Crippen LogP contribution in [0.1, 0.15) is 47.3 Å². The van der Waals surface area contributed by atoms with E-state index in [9.17, 15) is 18.0 Å². The summed E-state index contributed by atoms with van der Waals surface area (Å²) in [5, 5.41) is 6.99. The normalized spacial score (nSPS) is 22.0. The van der Waals surface area contributed by atoms with Gasteiger partial charge < -0.3 is 14.4 Å². The molecule has 1 aromatic carbocycles. The van der Waals surface area contributed by atoms with Crippen LogP contribution in [0.5, 0.6) is 5.75 Å². The third-order valence-corrected chi connectivity index (χ3v) is 4.83. The van der Waals surface area contributed by atoms with Crippen LogP contribution >= 0.6 is 0 Å². The summed E-state index contributed by atoms with van der Waals surface area (Å²) < 4.78 is 50.8. The molecule has 1 amide bonds. The molecule has 0 radical (unpaired) electrons. The number of hydrogen-bond acceptors (Lipinski definition) is 4. The van der Waals surface area contributed by atoms with E-state index in [1.54, 1.807) is 0 Å². The van der Waals surface area contributed by atoms with Crippen LogP contribution in [0.25, 0.3) is 0 Å². The zero-order chi connectivity index (χ0) is 19.3. The number of fused-ring (bicyclic) bond motifs is 2. The van der Waals surface area contributed by atoms with E-state index in [0.717, 1.165) is 17.3 Å². The predicted octanol–water partition coefficient (Wildman–Crippen LogP) is 3.49. The van der Waals surface area contributed by atoms with Crippen molar-refractivity contribution in [1.29, 1.82) is 0 Å². The van der Waals surface area contributed by atoms with Gasteiger partial charge in [-0.15, -0.1) is 0 Å². The van der Waals surface area contributed by atoms with Gasteiger partial charge in [-0.1, -0.05) is 6.07 Å². The summed E-state index contributed by atoms with van der Waals surface area (Å²) in [6, 6.07) is 3.67. The first kappa shape index (κ1) is 17.8. The summed E-state index contributed by atoms with van der Waals surface area (Å²) in [4.78, 5) is 14.4. The quantitative estimate of drug-likeness (QED) is 0.821. The van der Waals surface area contributed by atoms with E-state index in [1.165, 1.54) is 17.0 Å². The van der Waals surface area contributed by atoms with Crippen molar-refractivity contribution >= 4 is 11.6 Å². The van der Waals surface area contributed by atoms with E-state index in [4.69, 9.17) is 9.47 Å². The lowest BCUT2D eigenvalue weighted by molar-refractivity contribution is -0.139. The molecule has 2 atom stereocenters. The van der Waals surface area contributed by atoms with Gasteiger partial charge in [-0.2, -0.15) is 18.3 Å². The highest BCUT2D eigenvalue weighted by molar-refractivity contribution is 6.07. The van der Waals surface area contributed by atoms with Crippen molar-refractivity contribution in [3.63, 3.8) is 0 Å². The van der Waals surface area contributed by atoms with Gasteiger partial charge in [-0.05, 0) is 26.0 Å². The standard InChI is InChI=1S/C18H18F3N3O3/c1-9-8-11-14(10(2)27-9)22-23-15(11)17(25)24-6-7-26-16-12(18(19,20)21)4-3-5-13(16)24/h3-5,9-10H,6-8H2,1-2H3,(H,22,23)/t9-,10+/m1/s1. The van der Waals surface area contributed by atoms with E-state index < -0.39 is 17.6 Å². The van der Waals surface area contributed by atoms with Crippen LogP contribution in [-0.4, -0.2) is 35.4 Å². The summed E-state index contributed by atoms with van der Waals surface area (Å²) in [5.41, 5.74) is 0.917. The third kappa shape index (κ3) is 2.95. The Morgan fingerprint density at radius 3 is 2.85 bits per heavy atom. The Morgan fingerprint density at radius 1 is 1.33 bits per heavy atom. The van der Waals surface area contributed by atoms with Gasteiger partial charge in [0.25, 0.3) is 5.91 Å². The van der Waals surface area contributed by atoms with Gasteiger partial charge in [0, 0.05) is 12.0 Å². The second-order valence-electron chi connectivity index (χ2n) is 6.71. The molecule has 0 unspecified atom stereocenters. The molecule has 4 rings (SSSR count). The van der Waals surface area contributed by atoms with Gasteiger partial charge in [0.1, 0.15) is 6.61 Å². The van der Waals surface area contributed by atoms with Crippen LogP contribution < -0.4 is 9.64 Å². The topological polar surface area (TPSA) is 67.5 Å². The molecule has 0 bridgehead atoms. The zero-order valence-electron chi connectivity index (χ0n) is 14.8. The maximum Gasteiger partial charge on any atom is 0.420 e. The number of benzene rings is 1. The average molecular weight is 381 g/mol. The minimum atomic E-state index is -4.56. The number of carbonyl (C=O) groups is 1. The van der Waals surface area contributed by atoms with Gasteiger partial charge in [0.2, 0.25) is 0 Å². The van der Waals surface area contributed by atoms with Gasteiger partial charge in [0.05, 0.1) is 35.7 Å². The van der Waals surface area contributed by atoms with Gasteiger partial charge in [-0.3, -0.25) is 9.89 Å². The highest BCUT2D eigenvalue weighted by Crippen LogP contribution is 2.43. The fourth-order valence-corrected chi connectivity index (χ4v) is 3.66. The molecule has 1 N–H and O–H groups in total. The molecule has 9 heteroatoms. The minimum Gasteiger partial charge on any atom is -0.489 e. The van der Waals surface area contributed by atoms with Crippen LogP contribution in [0, 0.1) is 0 Å². The fraction of sp³-hybridized carbons (Fsp3) is 0.444. The highest BCUT2D eigenvalue weighted by Gasteiger charge is 2.39. The summed E-state index contributed by atoms with van der Waals surface area (Å²) in [5.74, 6) is -0.767. The average Bonchev–Trinajstić information content (AvgIpc) is 3.03. The first-order valence-corrected chi connectivity index (χ1v) is 8.65. The predicted molar refractivity (Wildman–Crippen MR) is 89.9 cm³/mol. The molecule has 3 heterocycles. The van der Waals surface area contributed by atoms with Crippen molar-refractivity contribution in [1.82, 2.24) is 10.2 Å². The molecule has 0 saturated carbocycles. The number of halogens is 3. The van der Waals surface area contributed by atoms with Gasteiger partial charge in [-0.25, -0.2) is 0 Å². The molecule has 1 aromatic heterocycles. The van der Waals surface area contributed by atoms with Crippen LogP contribution in [0.15, 0.2) is 18.2 Å². The molecule has 0 spiro atoms. The maximum atomic E-state index is 13.3. The molecule has 144 valence electrons. The number of aromatic amines is 1. The lowest BCUT2D eigenvalue weighted by Crippen LogP contribution is -2.39. The zero-order valence-corrected chi connectivity index (χ0v) is 14.8. The van der Waals surface area contributed by atoms with Crippen molar-refractivity contribution in [2.24, 2.45) is 0 Å². The highest BCUT2D eigenvalue weighted by atomic mass is 19.4. The summed E-state index contributed by atoms with van der Waals surface area (Å²) in [6.45, 7) is 3.89. The molecule has 27 heavy (non-hydrogen) atoms. The molecule has 2 aliphatic heterocycles. The number of rotatable bonds is 1. The van der Waals surface area contributed by atoms with Crippen LogP contribution in [0.3, 0.4) is 0 Å². The Kier molecular flexibility index (Phi) is 4.14. The Balaban J connectivity index is 1.74. The summed E-state index contributed by atoms with van der Waals surface area (Å²) >= 11 is 0. The molecule has 0 fully saturated rings. The lowest BCUT2D eigenvalue weighted by atomic mass is 9.99. The summed E-state index contributed by atoms with van der Waals surface area (Å²) in [7, 11) is 0. The van der Waals surface area contributed by atoms with E-state index in [-0.39, 0.29) is 42.5 Å². The smallest absolute Gasteiger partial charge is 0.420 e. The maximum absolute atomic E-state index is 13.3. The van der Waals surface area contributed by atoms with Crippen molar-refractivity contribution in [3.8, 4) is 5.75 Å². The number of nitrogens with one attached hydrogen (secondary N) is 1. The van der Waals surface area contributed by atoms with Crippen LogP contribution in [0.4, 0.5) is 18.9 Å². The van der Waals surface area contributed by atoms with Crippen LogP contribution in [-0.2, 0) is 17.3 Å². The first-order valence-electron chi connectivity index (χ1n) is 8.65. The fourth-order valence-electron chi connectivity index (χ4n) is 3.66. The monoisotopic (exact) mass is 381 g/mol. The second-order valence-corrected chi connectivity index (χ2v) is 6.71. The Labute approximate surface area is 153 Å². The molecular formula is C18H18F3N3O3. The molecule has 2 aromatic rings. The Hall–Kier alpha value is -2.55. The third-order valence-electron chi connectivity index (χ3n) is 4.83. The molecule has 0 saturated heterocycles. The van der Waals surface area contributed by atoms with Crippen LogP contribution in [0.2, 0.25) is 0 Å². The van der Waals surface area contributed by atoms with Crippen molar-refractivity contribution in [2.75, 3.05) is 18.1 Å². The number of nitrogens with zero attached hydrogens (tertiary/aromatic N) is 2. The number of ether oxygens (including phenoxy) is 2. The van der Waals surface area contributed by atoms with E-state index >= 15 is 0 Å². The molecule has 6 nitrogen and oxygen atoms in total. The number of H-pyrrole nitrogens is 1. The number of anilines is 1. The molecule has 2 aliphatic rings. The van der Waals surface area contributed by atoms with E-state index in [0.29, 0.717) is 6.42 Å². The Morgan fingerprint density at radius 2 is 2.11 bits per heavy atom. The van der Waals surface area contributed by atoms with Crippen molar-refractivity contribution < 1.29 is 27.4 Å². The summed E-state index contributed by atoms with van der Waals surface area (Å²) in [6.07, 6.45) is -4.36. The second kappa shape index (κ2) is 6.26. The molecular weight excluding hydrogens is 363 g/mol. The van der Waals surface area contributed by atoms with Gasteiger partial charge in [0.15, 0.2) is 11.4 Å². The number of aromatic nitrogens is 2. The van der Waals surface area contributed by atoms with Crippen molar-refractivity contribution in [3.05, 3.63) is 40.7 Å². The van der Waals surface area contributed by atoms with E-state index in [2.05, 4.69) is 10.2 Å². The number of hydrogen-bond donors (Lipinski definition) is 1. The SMILES string of the molecule is C[C@@H]1Cc2c(C(=O)N3CCOc4c3cccc4C(F)(F)F)n[nH]c2[C@H](C)O1. The number of amides is 1. The molecule has 0 aliphatic carbocycles. The number of para-hydroxylation sites is 1. The number of carbonyl (C=O) groups excluding carboxylic acids is 1. The Bertz CT molecular complexity index is 894. The van der Waals surface area contributed by atoms with Gasteiger partial charge >= 0.3 is 6.18 Å².